The molecule has 0 spiro atoms. The fourth-order valence-electron chi connectivity index (χ4n) is 0.880. The number of aliphatic imine (C=N–C) groups is 2. The molecule has 0 unspecified atom stereocenters. The van der Waals surface area contributed by atoms with Gasteiger partial charge < -0.3 is 0 Å². The van der Waals surface area contributed by atoms with Crippen molar-refractivity contribution in [3.8, 4) is 0 Å². The Morgan fingerprint density at radius 1 is 1.23 bits per heavy atom. The lowest BCUT2D eigenvalue weighted by molar-refractivity contribution is 1.45. The fraction of sp³-hybridized carbons (Fsp3) is 0.273. The summed E-state index contributed by atoms with van der Waals surface area (Å²) in [6, 6.07) is 7.74. The first-order valence-electron chi connectivity index (χ1n) is 4.36. The highest BCUT2D eigenvalue weighted by Crippen LogP contribution is 2.14. The number of hydrogen-bond donors (Lipinski definition) is 0. The van der Waals surface area contributed by atoms with Crippen LogP contribution in [0.15, 0.2) is 34.3 Å². The average Bonchev–Trinajstić information content (AvgIpc) is 2.22. The second-order valence-electron chi connectivity index (χ2n) is 2.10. The third-order valence-electron chi connectivity index (χ3n) is 1.38. The number of rotatable bonds is 2. The molecule has 0 radical (unpaired) electrons. The zero-order valence-corrected chi connectivity index (χ0v) is 8.49. The van der Waals surface area contributed by atoms with Gasteiger partial charge in [-0.05, 0) is 12.8 Å². The molecule has 0 amide bonds. The van der Waals surface area contributed by atoms with Gasteiger partial charge in [0.2, 0.25) is 0 Å². The lowest BCUT2D eigenvalue weighted by Crippen LogP contribution is -1.79. The molecule has 2 nitrogen and oxygen atoms in total. The van der Waals surface area contributed by atoms with Crippen LogP contribution in [0.2, 0.25) is 0 Å². The van der Waals surface area contributed by atoms with Crippen molar-refractivity contribution in [3.63, 3.8) is 0 Å². The van der Waals surface area contributed by atoms with Gasteiger partial charge in [-0.1, -0.05) is 32.0 Å². The van der Waals surface area contributed by atoms with E-state index in [1.54, 1.807) is 13.3 Å². The lowest BCUT2D eigenvalue weighted by atomic mass is 10.2. The minimum atomic E-state index is 0.873. The normalized spacial score (nSPS) is 9.15. The molecule has 0 atom stereocenters. The standard InChI is InChI=1S/C9H10N2.C2H6/c1-10-7-8-5-3-4-6-9(8)11-2;1-2/h3-7H,2H2,1H3;1-2H3. The highest BCUT2D eigenvalue weighted by atomic mass is 14.7. The minimum absolute atomic E-state index is 0.873. The lowest BCUT2D eigenvalue weighted by Gasteiger charge is -1.96. The molecule has 70 valence electrons. The molecule has 1 rings (SSSR count). The number of nitrogens with zero attached hydrogens (tertiary/aromatic N) is 2. The summed E-state index contributed by atoms with van der Waals surface area (Å²) in [7, 11) is 1.74. The van der Waals surface area contributed by atoms with Gasteiger partial charge >= 0.3 is 0 Å². The first-order valence-corrected chi connectivity index (χ1v) is 4.36. The van der Waals surface area contributed by atoms with Crippen LogP contribution in [0.5, 0.6) is 0 Å². The van der Waals surface area contributed by atoms with Crippen molar-refractivity contribution in [2.24, 2.45) is 9.98 Å². The predicted molar refractivity (Wildman–Crippen MR) is 60.5 cm³/mol. The van der Waals surface area contributed by atoms with Crippen molar-refractivity contribution >= 4 is 18.6 Å². The van der Waals surface area contributed by atoms with Crippen LogP contribution >= 0.6 is 0 Å². The van der Waals surface area contributed by atoms with Gasteiger partial charge in [0.25, 0.3) is 0 Å². The van der Waals surface area contributed by atoms with E-state index in [4.69, 9.17) is 0 Å². The van der Waals surface area contributed by atoms with Gasteiger partial charge in [-0.2, -0.15) is 0 Å². The molecule has 0 aromatic heterocycles. The van der Waals surface area contributed by atoms with Crippen LogP contribution < -0.4 is 0 Å². The third-order valence-corrected chi connectivity index (χ3v) is 1.38. The molecule has 0 saturated heterocycles. The molecule has 0 fully saturated rings. The zero-order valence-electron chi connectivity index (χ0n) is 8.49. The van der Waals surface area contributed by atoms with E-state index >= 15 is 0 Å². The fourth-order valence-corrected chi connectivity index (χ4v) is 0.880. The molecule has 0 aliphatic rings. The summed E-state index contributed by atoms with van der Waals surface area (Å²) in [6.07, 6.45) is 1.77. The van der Waals surface area contributed by atoms with Crippen molar-refractivity contribution in [2.75, 3.05) is 7.05 Å². The van der Waals surface area contributed by atoms with E-state index in [0.29, 0.717) is 0 Å². The molecule has 1 aromatic carbocycles. The monoisotopic (exact) mass is 176 g/mol. The van der Waals surface area contributed by atoms with E-state index in [1.165, 1.54) is 0 Å². The van der Waals surface area contributed by atoms with Gasteiger partial charge in [-0.15, -0.1) is 0 Å². The summed E-state index contributed by atoms with van der Waals surface area (Å²) >= 11 is 0. The van der Waals surface area contributed by atoms with Gasteiger partial charge in [-0.25, -0.2) is 0 Å². The highest BCUT2D eigenvalue weighted by Gasteiger charge is 1.92. The highest BCUT2D eigenvalue weighted by molar-refractivity contribution is 5.86. The Balaban J connectivity index is 0.000000671. The van der Waals surface area contributed by atoms with E-state index in [0.717, 1.165) is 11.3 Å². The Hall–Kier alpha value is -1.44. The van der Waals surface area contributed by atoms with Crippen molar-refractivity contribution in [2.45, 2.75) is 13.8 Å². The van der Waals surface area contributed by atoms with E-state index in [1.807, 2.05) is 38.1 Å². The molecule has 0 aliphatic carbocycles. The molecule has 1 aromatic rings. The summed E-state index contributed by atoms with van der Waals surface area (Å²) in [5.74, 6) is 0. The SMILES string of the molecule is C=Nc1ccccc1C=NC.CC. The molecule has 0 N–H and O–H groups in total. The topological polar surface area (TPSA) is 24.7 Å². The van der Waals surface area contributed by atoms with Crippen LogP contribution in [0.1, 0.15) is 19.4 Å². The second-order valence-corrected chi connectivity index (χ2v) is 2.10. The van der Waals surface area contributed by atoms with Crippen LogP contribution in [-0.2, 0) is 0 Å². The van der Waals surface area contributed by atoms with Crippen LogP contribution in [0, 0.1) is 0 Å². The van der Waals surface area contributed by atoms with E-state index < -0.39 is 0 Å². The maximum atomic E-state index is 3.90. The minimum Gasteiger partial charge on any atom is -0.296 e. The largest absolute Gasteiger partial charge is 0.296 e. The molecule has 0 heterocycles. The molecular weight excluding hydrogens is 160 g/mol. The Bertz CT molecular complexity index is 277. The maximum absolute atomic E-state index is 3.90. The summed E-state index contributed by atoms with van der Waals surface area (Å²) < 4.78 is 0. The van der Waals surface area contributed by atoms with E-state index in [-0.39, 0.29) is 0 Å². The second kappa shape index (κ2) is 7.22. The smallest absolute Gasteiger partial charge is 0.0710 e. The quantitative estimate of drug-likeness (QED) is 0.619. The van der Waals surface area contributed by atoms with Crippen molar-refractivity contribution in [1.29, 1.82) is 0 Å². The van der Waals surface area contributed by atoms with Crippen molar-refractivity contribution < 1.29 is 0 Å². The summed E-state index contributed by atoms with van der Waals surface area (Å²) in [5, 5.41) is 0. The molecule has 2 heteroatoms. The molecular formula is C11H16N2. The van der Waals surface area contributed by atoms with Gasteiger partial charge in [0.05, 0.1) is 5.69 Å². The van der Waals surface area contributed by atoms with Gasteiger partial charge in [0.15, 0.2) is 0 Å². The summed E-state index contributed by atoms with van der Waals surface area (Å²) in [5.41, 5.74) is 1.88. The van der Waals surface area contributed by atoms with Crippen LogP contribution in [0.25, 0.3) is 0 Å². The van der Waals surface area contributed by atoms with Crippen LogP contribution in [0.3, 0.4) is 0 Å². The van der Waals surface area contributed by atoms with Crippen LogP contribution in [0.4, 0.5) is 5.69 Å². The van der Waals surface area contributed by atoms with Gasteiger partial charge in [0.1, 0.15) is 0 Å². The predicted octanol–water partition coefficient (Wildman–Crippen LogP) is 3.09. The summed E-state index contributed by atoms with van der Waals surface area (Å²) in [4.78, 5) is 7.75. The van der Waals surface area contributed by atoms with Gasteiger partial charge in [0, 0.05) is 18.8 Å². The van der Waals surface area contributed by atoms with Crippen LogP contribution in [-0.4, -0.2) is 20.0 Å². The van der Waals surface area contributed by atoms with Crippen molar-refractivity contribution in [3.05, 3.63) is 29.8 Å². The molecule has 0 saturated carbocycles. The Morgan fingerprint density at radius 2 is 1.85 bits per heavy atom. The average molecular weight is 176 g/mol. The third kappa shape index (κ3) is 3.65. The van der Waals surface area contributed by atoms with E-state index in [2.05, 4.69) is 16.7 Å². The number of hydrogen-bond acceptors (Lipinski definition) is 2. The summed E-state index contributed by atoms with van der Waals surface area (Å²) in [6.45, 7) is 7.46. The zero-order chi connectivity index (χ0) is 10.1. The molecule has 0 aliphatic heterocycles. The Kier molecular flexibility index (Phi) is 6.42. The van der Waals surface area contributed by atoms with Crippen molar-refractivity contribution in [1.82, 2.24) is 0 Å². The number of para-hydroxylation sites is 1. The Morgan fingerprint density at radius 3 is 2.38 bits per heavy atom. The molecule has 0 bridgehead atoms. The van der Waals surface area contributed by atoms with E-state index in [9.17, 15) is 0 Å². The first kappa shape index (κ1) is 11.6. The molecule has 13 heavy (non-hydrogen) atoms. The Labute approximate surface area is 80.1 Å². The maximum Gasteiger partial charge on any atom is 0.0710 e. The first-order chi connectivity index (χ1) is 6.38. The van der Waals surface area contributed by atoms with Gasteiger partial charge in [-0.3, -0.25) is 9.98 Å². The number of benzene rings is 1.